The number of nitrogens with zero attached hydrogens (tertiary/aromatic N) is 2. The maximum atomic E-state index is 12.8. The third kappa shape index (κ3) is 4.60. The van der Waals surface area contributed by atoms with Gasteiger partial charge in [-0.1, -0.05) is 53.2 Å². The third-order valence-corrected chi connectivity index (χ3v) is 8.98. The van der Waals surface area contributed by atoms with Gasteiger partial charge in [0, 0.05) is 11.3 Å². The van der Waals surface area contributed by atoms with Gasteiger partial charge in [-0.25, -0.2) is 8.42 Å². The van der Waals surface area contributed by atoms with Crippen molar-refractivity contribution in [1.29, 1.82) is 0 Å². The molecule has 0 aromatic heterocycles. The van der Waals surface area contributed by atoms with Crippen molar-refractivity contribution >= 4 is 50.0 Å². The fourth-order valence-electron chi connectivity index (χ4n) is 3.91. The number of amides is 1. The number of halogens is 1. The Morgan fingerprint density at radius 1 is 1.16 bits per heavy atom. The zero-order chi connectivity index (χ0) is 23.0. The van der Waals surface area contributed by atoms with E-state index in [0.717, 1.165) is 11.1 Å². The van der Waals surface area contributed by atoms with Crippen LogP contribution in [0.1, 0.15) is 11.1 Å². The maximum Gasteiger partial charge on any atom is 0.252 e. The maximum absolute atomic E-state index is 12.8. The number of ether oxygens (including phenoxy) is 2. The number of benzene rings is 2. The molecule has 2 aliphatic heterocycles. The molecule has 0 bridgehead atoms. The number of thioether (sulfide) groups is 1. The van der Waals surface area contributed by atoms with Crippen molar-refractivity contribution in [2.75, 3.05) is 30.6 Å². The van der Waals surface area contributed by atoms with E-state index in [9.17, 15) is 13.2 Å². The number of methoxy groups -OCH3 is 2. The molecule has 0 N–H and O–H groups in total. The van der Waals surface area contributed by atoms with Gasteiger partial charge in [-0.15, -0.1) is 0 Å². The lowest BCUT2D eigenvalue weighted by atomic mass is 10.1. The first kappa shape index (κ1) is 22.9. The quantitative estimate of drug-likeness (QED) is 0.628. The first-order valence-electron chi connectivity index (χ1n) is 9.95. The minimum atomic E-state index is -3.19. The fourth-order valence-corrected chi connectivity index (χ4v) is 8.06. The second-order valence-corrected chi connectivity index (χ2v) is 11.5. The fraction of sp³-hybridized carbons (Fsp3) is 0.364. The van der Waals surface area contributed by atoms with Crippen molar-refractivity contribution in [1.82, 2.24) is 0 Å². The van der Waals surface area contributed by atoms with E-state index >= 15 is 0 Å². The molecule has 2 fully saturated rings. The van der Waals surface area contributed by atoms with Crippen LogP contribution < -0.4 is 14.4 Å². The summed E-state index contributed by atoms with van der Waals surface area (Å²) in [7, 11) is -0.181. The smallest absolute Gasteiger partial charge is 0.252 e. The summed E-state index contributed by atoms with van der Waals surface area (Å²) in [6.07, 6.45) is 0.159. The normalized spacial score (nSPS) is 22.8. The van der Waals surface area contributed by atoms with Crippen LogP contribution in [0, 0.1) is 6.92 Å². The zero-order valence-corrected chi connectivity index (χ0v) is 20.3. The Balaban J connectivity index is 1.72. The molecule has 32 heavy (non-hydrogen) atoms. The zero-order valence-electron chi connectivity index (χ0n) is 17.9. The van der Waals surface area contributed by atoms with Gasteiger partial charge >= 0.3 is 0 Å². The molecule has 2 aromatic carbocycles. The van der Waals surface area contributed by atoms with Crippen LogP contribution in [0.25, 0.3) is 0 Å². The molecule has 10 heteroatoms. The van der Waals surface area contributed by atoms with Gasteiger partial charge < -0.3 is 14.4 Å². The van der Waals surface area contributed by atoms with Crippen LogP contribution in [0.15, 0.2) is 41.4 Å². The number of rotatable bonds is 5. The summed E-state index contributed by atoms with van der Waals surface area (Å²) in [5.41, 5.74) is 2.53. The number of anilines is 1. The van der Waals surface area contributed by atoms with Crippen LogP contribution in [0.5, 0.6) is 11.5 Å². The summed E-state index contributed by atoms with van der Waals surface area (Å²) in [6, 6.07) is 10.6. The molecule has 0 radical (unpaired) electrons. The van der Waals surface area contributed by atoms with Gasteiger partial charge in [0.2, 0.25) is 0 Å². The van der Waals surface area contributed by atoms with Gasteiger partial charge in [-0.2, -0.15) is 4.99 Å². The number of sulfone groups is 1. The molecule has 0 aliphatic carbocycles. The summed E-state index contributed by atoms with van der Waals surface area (Å²) < 4.78 is 35.4. The molecule has 2 aliphatic rings. The molecule has 2 unspecified atom stereocenters. The van der Waals surface area contributed by atoms with Crippen LogP contribution in [0.4, 0.5) is 5.69 Å². The summed E-state index contributed by atoms with van der Waals surface area (Å²) in [6.45, 7) is 1.99. The lowest BCUT2D eigenvalue weighted by molar-refractivity contribution is -0.117. The first-order chi connectivity index (χ1) is 15.2. The molecule has 2 aromatic rings. The van der Waals surface area contributed by atoms with E-state index in [0.29, 0.717) is 27.4 Å². The summed E-state index contributed by atoms with van der Waals surface area (Å²) >= 11 is 7.68. The molecule has 2 atom stereocenters. The molecule has 0 spiro atoms. The molecule has 1 amide bonds. The first-order valence-corrected chi connectivity index (χ1v) is 13.0. The van der Waals surface area contributed by atoms with Crippen molar-refractivity contribution in [2.24, 2.45) is 4.99 Å². The average Bonchev–Trinajstić information content (AvgIpc) is 3.20. The highest BCUT2D eigenvalue weighted by Gasteiger charge is 2.50. The van der Waals surface area contributed by atoms with Crippen LogP contribution in [0.2, 0.25) is 5.02 Å². The highest BCUT2D eigenvalue weighted by atomic mass is 35.5. The van der Waals surface area contributed by atoms with Gasteiger partial charge in [0.1, 0.15) is 11.5 Å². The second kappa shape index (κ2) is 8.96. The van der Waals surface area contributed by atoms with E-state index in [-0.39, 0.29) is 35.1 Å². The SMILES string of the molecule is COc1cc(OC)c(N2C(=NC(=O)Cc3ccc(C)cc3)SC3CS(=O)(=O)CC32)cc1Cl. The molecule has 0 saturated carbocycles. The van der Waals surface area contributed by atoms with Crippen molar-refractivity contribution in [2.45, 2.75) is 24.6 Å². The van der Waals surface area contributed by atoms with Crippen LogP contribution >= 0.6 is 23.4 Å². The van der Waals surface area contributed by atoms with Gasteiger partial charge in [0.15, 0.2) is 15.0 Å². The monoisotopic (exact) mass is 494 g/mol. The lowest BCUT2D eigenvalue weighted by Gasteiger charge is -2.26. The highest BCUT2D eigenvalue weighted by molar-refractivity contribution is 8.16. The van der Waals surface area contributed by atoms with Gasteiger partial charge in [-0.05, 0) is 18.6 Å². The number of carbonyl (C=O) groups excluding carboxylic acids is 1. The van der Waals surface area contributed by atoms with E-state index in [1.807, 2.05) is 31.2 Å². The highest BCUT2D eigenvalue weighted by Crippen LogP contribution is 2.46. The Bertz CT molecular complexity index is 1180. The van der Waals surface area contributed by atoms with Crippen molar-refractivity contribution in [3.05, 3.63) is 52.5 Å². The van der Waals surface area contributed by atoms with E-state index in [1.54, 1.807) is 17.0 Å². The molecule has 170 valence electrons. The third-order valence-electron chi connectivity index (χ3n) is 5.48. The van der Waals surface area contributed by atoms with Crippen LogP contribution in [0.3, 0.4) is 0 Å². The van der Waals surface area contributed by atoms with Crippen LogP contribution in [-0.2, 0) is 21.1 Å². The number of amidine groups is 1. The molecule has 2 heterocycles. The number of aliphatic imine (C=N–C) groups is 1. The van der Waals surface area contributed by atoms with Crippen molar-refractivity contribution in [3.8, 4) is 11.5 Å². The molecular formula is C22H23ClN2O5S2. The summed E-state index contributed by atoms with van der Waals surface area (Å²) in [4.78, 5) is 18.9. The minimum Gasteiger partial charge on any atom is -0.495 e. The Morgan fingerprint density at radius 2 is 1.84 bits per heavy atom. The molecular weight excluding hydrogens is 472 g/mol. The number of hydrogen-bond acceptors (Lipinski definition) is 6. The van der Waals surface area contributed by atoms with Crippen molar-refractivity contribution < 1.29 is 22.7 Å². The number of aryl methyl sites for hydroxylation is 1. The van der Waals surface area contributed by atoms with Gasteiger partial charge in [0.25, 0.3) is 5.91 Å². The predicted molar refractivity (Wildman–Crippen MR) is 128 cm³/mol. The van der Waals surface area contributed by atoms with Gasteiger partial charge in [0.05, 0.1) is 48.9 Å². The van der Waals surface area contributed by atoms with Crippen LogP contribution in [-0.4, -0.2) is 56.5 Å². The largest absolute Gasteiger partial charge is 0.495 e. The Kier molecular flexibility index (Phi) is 6.42. The van der Waals surface area contributed by atoms with E-state index in [2.05, 4.69) is 4.99 Å². The van der Waals surface area contributed by atoms with Crippen molar-refractivity contribution in [3.63, 3.8) is 0 Å². The standard InChI is InChI=1S/C22H23ClN2O5S2/c1-13-4-6-14(7-5-13)8-21(26)24-22-25(17-11-32(27,28)12-20(17)31-22)16-9-15(23)18(29-2)10-19(16)30-3/h4-7,9-10,17,20H,8,11-12H2,1-3H3. The van der Waals surface area contributed by atoms with Gasteiger partial charge in [-0.3, -0.25) is 4.79 Å². The minimum absolute atomic E-state index is 0.0252. The Hall–Kier alpha value is -2.23. The number of carbonyl (C=O) groups is 1. The van der Waals surface area contributed by atoms with E-state index < -0.39 is 9.84 Å². The number of hydrogen-bond donors (Lipinski definition) is 0. The predicted octanol–water partition coefficient (Wildman–Crippen LogP) is 3.51. The summed E-state index contributed by atoms with van der Waals surface area (Å²) in [5, 5.41) is 0.575. The molecule has 4 rings (SSSR count). The Morgan fingerprint density at radius 3 is 2.50 bits per heavy atom. The second-order valence-electron chi connectivity index (χ2n) is 7.78. The average molecular weight is 495 g/mol. The topological polar surface area (TPSA) is 85.3 Å². The lowest BCUT2D eigenvalue weighted by Crippen LogP contribution is -2.38. The Labute approximate surface area is 196 Å². The van der Waals surface area contributed by atoms with E-state index in [1.165, 1.54) is 26.0 Å². The number of fused-ring (bicyclic) bond motifs is 1. The van der Waals surface area contributed by atoms with E-state index in [4.69, 9.17) is 21.1 Å². The molecule has 2 saturated heterocycles. The molecule has 7 nitrogen and oxygen atoms in total. The summed E-state index contributed by atoms with van der Waals surface area (Å²) in [5.74, 6) is 0.598.